The van der Waals surface area contributed by atoms with Crippen molar-refractivity contribution in [3.05, 3.63) is 86.3 Å². The number of nitriles is 1. The van der Waals surface area contributed by atoms with Crippen molar-refractivity contribution >= 4 is 11.6 Å². The Hall–Kier alpha value is -3.31. The zero-order valence-electron chi connectivity index (χ0n) is 13.8. The van der Waals surface area contributed by atoms with E-state index in [0.29, 0.717) is 6.07 Å². The predicted octanol–water partition coefficient (Wildman–Crippen LogP) is 4.70. The Morgan fingerprint density at radius 3 is 2.36 bits per heavy atom. The molecule has 0 bridgehead atoms. The summed E-state index contributed by atoms with van der Waals surface area (Å²) in [6, 6.07) is 5.98. The number of hydrogen-bond donors (Lipinski definition) is 1. The van der Waals surface area contributed by atoms with Crippen LogP contribution in [0.5, 0.6) is 5.75 Å². The summed E-state index contributed by atoms with van der Waals surface area (Å²) in [5.41, 5.74) is -1.94. The van der Waals surface area contributed by atoms with Gasteiger partial charge in [0.25, 0.3) is 5.56 Å². The second-order valence-corrected chi connectivity index (χ2v) is 6.00. The van der Waals surface area contributed by atoms with Gasteiger partial charge in [0.05, 0.1) is 17.2 Å². The van der Waals surface area contributed by atoms with Gasteiger partial charge in [-0.15, -0.1) is 0 Å². The van der Waals surface area contributed by atoms with Gasteiger partial charge in [0, 0.05) is 23.4 Å². The third-order valence-corrected chi connectivity index (χ3v) is 4.16. The van der Waals surface area contributed by atoms with E-state index in [-0.39, 0.29) is 16.7 Å². The first-order chi connectivity index (χ1) is 13.3. The Balaban J connectivity index is 2.09. The minimum absolute atomic E-state index is 0.0653. The molecule has 3 aromatic rings. The second kappa shape index (κ2) is 7.74. The number of nitrogens with zero attached hydrogens (tertiary/aromatic N) is 1. The van der Waals surface area contributed by atoms with Gasteiger partial charge >= 0.3 is 0 Å². The van der Waals surface area contributed by atoms with Gasteiger partial charge in [-0.25, -0.2) is 17.6 Å². The molecule has 142 valence electrons. The predicted molar refractivity (Wildman–Crippen MR) is 92.8 cm³/mol. The SMILES string of the molecule is N#Cc1cc(F)c(-c2c[nH]c(=O)c(Cl)c2OCc2ccc(F)cc2F)c(F)c1. The molecular formula is C19H9ClF4N2O2. The highest BCUT2D eigenvalue weighted by Gasteiger charge is 2.21. The first-order valence-electron chi connectivity index (χ1n) is 7.69. The molecule has 1 N–H and O–H groups in total. The molecule has 1 heterocycles. The summed E-state index contributed by atoms with van der Waals surface area (Å²) in [7, 11) is 0. The fourth-order valence-corrected chi connectivity index (χ4v) is 2.71. The molecule has 4 nitrogen and oxygen atoms in total. The quantitative estimate of drug-likeness (QED) is 0.636. The monoisotopic (exact) mass is 408 g/mol. The molecule has 9 heteroatoms. The molecule has 0 amide bonds. The van der Waals surface area contributed by atoms with Crippen LogP contribution in [0.15, 0.2) is 41.3 Å². The van der Waals surface area contributed by atoms with E-state index in [0.717, 1.165) is 30.5 Å². The van der Waals surface area contributed by atoms with Crippen LogP contribution in [-0.2, 0) is 6.61 Å². The summed E-state index contributed by atoms with van der Waals surface area (Å²) in [4.78, 5) is 14.0. The van der Waals surface area contributed by atoms with Gasteiger partial charge in [0.1, 0.15) is 34.9 Å². The fraction of sp³-hybridized carbons (Fsp3) is 0.0526. The van der Waals surface area contributed by atoms with E-state index in [1.54, 1.807) is 6.07 Å². The van der Waals surface area contributed by atoms with Gasteiger partial charge < -0.3 is 9.72 Å². The van der Waals surface area contributed by atoms with Crippen molar-refractivity contribution in [2.24, 2.45) is 0 Å². The lowest BCUT2D eigenvalue weighted by atomic mass is 10.0. The number of rotatable bonds is 4. The molecule has 0 fully saturated rings. The van der Waals surface area contributed by atoms with Crippen LogP contribution in [0, 0.1) is 34.6 Å². The maximum atomic E-state index is 14.4. The minimum Gasteiger partial charge on any atom is -0.486 e. The lowest BCUT2D eigenvalue weighted by molar-refractivity contribution is 0.300. The van der Waals surface area contributed by atoms with Crippen LogP contribution in [0.3, 0.4) is 0 Å². The number of halogens is 5. The molecule has 0 radical (unpaired) electrons. The van der Waals surface area contributed by atoms with E-state index in [9.17, 15) is 22.4 Å². The van der Waals surface area contributed by atoms with Crippen LogP contribution < -0.4 is 10.3 Å². The summed E-state index contributed by atoms with van der Waals surface area (Å²) < 4.78 is 60.9. The summed E-state index contributed by atoms with van der Waals surface area (Å²) in [5.74, 6) is -4.26. The van der Waals surface area contributed by atoms with Crippen LogP contribution >= 0.6 is 11.6 Å². The summed E-state index contributed by atoms with van der Waals surface area (Å²) >= 11 is 5.92. The van der Waals surface area contributed by atoms with Crippen molar-refractivity contribution in [2.75, 3.05) is 0 Å². The van der Waals surface area contributed by atoms with E-state index >= 15 is 0 Å². The van der Waals surface area contributed by atoms with Gasteiger partial charge in [0.15, 0.2) is 5.75 Å². The van der Waals surface area contributed by atoms with Crippen molar-refractivity contribution < 1.29 is 22.3 Å². The third kappa shape index (κ3) is 3.70. The molecule has 0 aliphatic heterocycles. The van der Waals surface area contributed by atoms with Crippen molar-refractivity contribution in [3.63, 3.8) is 0 Å². The van der Waals surface area contributed by atoms with Crippen LogP contribution in [0.1, 0.15) is 11.1 Å². The van der Waals surface area contributed by atoms with Gasteiger partial charge in [-0.3, -0.25) is 4.79 Å². The number of nitrogens with one attached hydrogen (secondary N) is 1. The molecule has 0 unspecified atom stereocenters. The summed E-state index contributed by atoms with van der Waals surface area (Å²) in [6.07, 6.45) is 0.984. The molecule has 3 rings (SSSR count). The van der Waals surface area contributed by atoms with Crippen molar-refractivity contribution in [2.45, 2.75) is 6.61 Å². The topological polar surface area (TPSA) is 65.9 Å². The van der Waals surface area contributed by atoms with Crippen molar-refractivity contribution in [1.29, 1.82) is 5.26 Å². The fourth-order valence-electron chi connectivity index (χ4n) is 2.50. The normalized spacial score (nSPS) is 10.6. The number of pyridine rings is 1. The van der Waals surface area contributed by atoms with Crippen molar-refractivity contribution in [3.8, 4) is 22.9 Å². The van der Waals surface area contributed by atoms with Crippen molar-refractivity contribution in [1.82, 2.24) is 4.98 Å². The highest BCUT2D eigenvalue weighted by molar-refractivity contribution is 6.32. The van der Waals surface area contributed by atoms with E-state index < -0.39 is 51.8 Å². The molecule has 0 atom stereocenters. The molecule has 1 aromatic heterocycles. The number of ether oxygens (including phenoxy) is 1. The molecule has 0 saturated carbocycles. The summed E-state index contributed by atoms with van der Waals surface area (Å²) in [5, 5.41) is 8.29. The second-order valence-electron chi connectivity index (χ2n) is 5.63. The highest BCUT2D eigenvalue weighted by atomic mass is 35.5. The van der Waals surface area contributed by atoms with E-state index in [2.05, 4.69) is 4.98 Å². The molecule has 28 heavy (non-hydrogen) atoms. The number of aromatic amines is 1. The Labute approximate surface area is 160 Å². The van der Waals surface area contributed by atoms with Gasteiger partial charge in [-0.2, -0.15) is 5.26 Å². The number of hydrogen-bond acceptors (Lipinski definition) is 3. The van der Waals surface area contributed by atoms with Crippen LogP contribution in [-0.4, -0.2) is 4.98 Å². The number of aromatic nitrogens is 1. The van der Waals surface area contributed by atoms with Gasteiger partial charge in [-0.1, -0.05) is 11.6 Å². The van der Waals surface area contributed by atoms with Crippen LogP contribution in [0.4, 0.5) is 17.6 Å². The van der Waals surface area contributed by atoms with E-state index in [4.69, 9.17) is 21.6 Å². The molecule has 0 spiro atoms. The van der Waals surface area contributed by atoms with Crippen LogP contribution in [0.2, 0.25) is 5.02 Å². The van der Waals surface area contributed by atoms with E-state index in [1.165, 1.54) is 0 Å². The standard InChI is InChI=1S/C19H9ClF4N2O2/c20-17-18(28-8-10-1-2-11(21)5-13(10)22)12(7-26-19(17)27)16-14(23)3-9(6-25)4-15(16)24/h1-5,7H,8H2,(H,26,27). The molecule has 0 aliphatic carbocycles. The highest BCUT2D eigenvalue weighted by Crippen LogP contribution is 2.37. The molecule has 0 saturated heterocycles. The molecule has 0 aliphatic rings. The Morgan fingerprint density at radius 1 is 1.07 bits per heavy atom. The maximum Gasteiger partial charge on any atom is 0.270 e. The lowest BCUT2D eigenvalue weighted by Crippen LogP contribution is -2.11. The Morgan fingerprint density at radius 2 is 1.75 bits per heavy atom. The number of H-pyrrole nitrogens is 1. The van der Waals surface area contributed by atoms with Gasteiger partial charge in [-0.05, 0) is 24.3 Å². The average Bonchev–Trinajstić information content (AvgIpc) is 2.64. The first-order valence-corrected chi connectivity index (χ1v) is 8.07. The minimum atomic E-state index is -1.09. The largest absolute Gasteiger partial charge is 0.486 e. The average molecular weight is 409 g/mol. The molecule has 2 aromatic carbocycles. The third-order valence-electron chi connectivity index (χ3n) is 3.82. The Bertz CT molecular complexity index is 1150. The van der Waals surface area contributed by atoms with Crippen LogP contribution in [0.25, 0.3) is 11.1 Å². The maximum absolute atomic E-state index is 14.4. The first kappa shape index (κ1) is 19.5. The zero-order chi connectivity index (χ0) is 20.4. The Kier molecular flexibility index (Phi) is 5.38. The zero-order valence-corrected chi connectivity index (χ0v) is 14.6. The summed E-state index contributed by atoms with van der Waals surface area (Å²) in [6.45, 7) is -0.484. The number of benzene rings is 2. The smallest absolute Gasteiger partial charge is 0.270 e. The molecular weight excluding hydrogens is 400 g/mol. The van der Waals surface area contributed by atoms with E-state index in [1.807, 2.05) is 0 Å². The lowest BCUT2D eigenvalue weighted by Gasteiger charge is -2.14. The van der Waals surface area contributed by atoms with Gasteiger partial charge in [0.2, 0.25) is 0 Å².